The second-order valence-electron chi connectivity index (χ2n) is 12.0. The van der Waals surface area contributed by atoms with Crippen LogP contribution in [0, 0.1) is 23.2 Å². The third kappa shape index (κ3) is 3.50. The molecule has 1 fully saturated rings. The Morgan fingerprint density at radius 3 is 2.60 bits per heavy atom. The van der Waals surface area contributed by atoms with Gasteiger partial charge in [0.2, 0.25) is 0 Å². The molecule has 5 atom stereocenters. The summed E-state index contributed by atoms with van der Waals surface area (Å²) in [7, 11) is 0.0591. The van der Waals surface area contributed by atoms with Crippen LogP contribution in [0.4, 0.5) is 0 Å². The maximum absolute atomic E-state index is 6.69. The van der Waals surface area contributed by atoms with Gasteiger partial charge in [0.15, 0.2) is 8.32 Å². The van der Waals surface area contributed by atoms with Gasteiger partial charge >= 0.3 is 0 Å². The lowest BCUT2D eigenvalue weighted by molar-refractivity contribution is 0.0390. The van der Waals surface area contributed by atoms with E-state index in [2.05, 4.69) is 72.0 Å². The first-order chi connectivity index (χ1) is 14.0. The van der Waals surface area contributed by atoms with E-state index < -0.39 is 8.32 Å². The lowest BCUT2D eigenvalue weighted by atomic mass is 9.52. The minimum Gasteiger partial charge on any atom is -0.497 e. The highest BCUT2D eigenvalue weighted by Crippen LogP contribution is 2.62. The van der Waals surface area contributed by atoms with Crippen LogP contribution in [-0.2, 0) is 10.8 Å². The molecule has 3 aliphatic carbocycles. The van der Waals surface area contributed by atoms with Crippen LogP contribution in [0.25, 0.3) is 0 Å². The Morgan fingerprint density at radius 1 is 1.20 bits per heavy atom. The van der Waals surface area contributed by atoms with Crippen LogP contribution in [0.3, 0.4) is 0 Å². The molecule has 166 valence electrons. The Kier molecular flexibility index (Phi) is 5.55. The van der Waals surface area contributed by atoms with Gasteiger partial charge in [-0.15, -0.1) is 0 Å². The monoisotopic (exact) mass is 426 g/mol. The predicted octanol–water partition coefficient (Wildman–Crippen LogP) is 7.36. The summed E-state index contributed by atoms with van der Waals surface area (Å²) in [6.45, 7) is 17.7. The highest BCUT2D eigenvalue weighted by molar-refractivity contribution is 6.74. The maximum atomic E-state index is 6.69. The van der Waals surface area contributed by atoms with Crippen molar-refractivity contribution in [2.75, 3.05) is 13.7 Å². The molecule has 0 bridgehead atoms. The molecule has 0 amide bonds. The zero-order valence-electron chi connectivity index (χ0n) is 20.5. The van der Waals surface area contributed by atoms with Crippen LogP contribution in [0.5, 0.6) is 5.75 Å². The van der Waals surface area contributed by atoms with Gasteiger partial charge in [0.05, 0.1) is 13.7 Å². The SMILES string of the molecule is COc1ccc2c(c1)C[C@@H](C)[C@@H]1[C@@H]2CC[C@]2(C)C(CO[Si](C)(C)C(C)(C)C)=CC[C@H]12. The minimum atomic E-state index is -1.72. The van der Waals surface area contributed by atoms with Crippen molar-refractivity contribution in [3.05, 3.63) is 41.0 Å². The first kappa shape index (κ1) is 22.1. The van der Waals surface area contributed by atoms with Crippen LogP contribution in [0.15, 0.2) is 29.8 Å². The minimum absolute atomic E-state index is 0.271. The molecule has 0 aromatic heterocycles. The summed E-state index contributed by atoms with van der Waals surface area (Å²) < 4.78 is 12.2. The summed E-state index contributed by atoms with van der Waals surface area (Å²) in [5, 5.41) is 0.271. The summed E-state index contributed by atoms with van der Waals surface area (Å²) in [5.74, 6) is 3.99. The van der Waals surface area contributed by atoms with Crippen LogP contribution >= 0.6 is 0 Å². The molecule has 0 heterocycles. The van der Waals surface area contributed by atoms with Crippen molar-refractivity contribution in [3.63, 3.8) is 0 Å². The second-order valence-corrected chi connectivity index (χ2v) is 16.8. The molecule has 30 heavy (non-hydrogen) atoms. The molecule has 1 aromatic rings. The summed E-state index contributed by atoms with van der Waals surface area (Å²) >= 11 is 0. The van der Waals surface area contributed by atoms with Gasteiger partial charge in [-0.3, -0.25) is 0 Å². The normalized spacial score (nSPS) is 33.4. The fourth-order valence-corrected chi connectivity index (χ4v) is 7.39. The third-order valence-corrected chi connectivity index (χ3v) is 13.9. The van der Waals surface area contributed by atoms with Crippen molar-refractivity contribution in [2.24, 2.45) is 23.2 Å². The molecule has 1 saturated carbocycles. The number of hydrogen-bond donors (Lipinski definition) is 0. The van der Waals surface area contributed by atoms with E-state index in [-0.39, 0.29) is 5.04 Å². The van der Waals surface area contributed by atoms with Gasteiger partial charge in [-0.05, 0) is 102 Å². The van der Waals surface area contributed by atoms with E-state index in [1.807, 2.05) is 0 Å². The van der Waals surface area contributed by atoms with Crippen LogP contribution in [0.2, 0.25) is 18.1 Å². The van der Waals surface area contributed by atoms with E-state index in [1.54, 1.807) is 18.2 Å². The molecule has 1 aromatic carbocycles. The van der Waals surface area contributed by atoms with Gasteiger partial charge in [-0.25, -0.2) is 0 Å². The molecule has 0 saturated heterocycles. The number of allylic oxidation sites excluding steroid dienone is 1. The molecule has 0 unspecified atom stereocenters. The number of hydrogen-bond acceptors (Lipinski definition) is 2. The Bertz CT molecular complexity index is 834. The molecule has 0 radical (unpaired) electrons. The molecule has 3 heteroatoms. The van der Waals surface area contributed by atoms with Crippen LogP contribution in [0.1, 0.15) is 70.9 Å². The number of rotatable bonds is 4. The van der Waals surface area contributed by atoms with Crippen molar-refractivity contribution < 1.29 is 9.16 Å². The van der Waals surface area contributed by atoms with Gasteiger partial charge in [0.25, 0.3) is 0 Å². The summed E-state index contributed by atoms with van der Waals surface area (Å²) in [5.41, 5.74) is 5.05. The number of ether oxygens (including phenoxy) is 1. The van der Waals surface area contributed by atoms with E-state index >= 15 is 0 Å². The van der Waals surface area contributed by atoms with Gasteiger partial charge in [-0.2, -0.15) is 0 Å². The molecule has 4 rings (SSSR count). The zero-order chi connectivity index (χ0) is 21.9. The third-order valence-electron chi connectivity index (χ3n) is 9.42. The Morgan fingerprint density at radius 2 is 1.93 bits per heavy atom. The van der Waals surface area contributed by atoms with E-state index in [9.17, 15) is 0 Å². The van der Waals surface area contributed by atoms with E-state index in [1.165, 1.54) is 31.2 Å². The molecular weight excluding hydrogens is 384 g/mol. The molecular formula is C27H42O2Si. The molecule has 3 aliphatic rings. The van der Waals surface area contributed by atoms with Crippen molar-refractivity contribution in [1.82, 2.24) is 0 Å². The van der Waals surface area contributed by atoms with Crippen molar-refractivity contribution in [3.8, 4) is 5.75 Å². The quantitative estimate of drug-likeness (QED) is 0.370. The Labute approximate surface area is 185 Å². The molecule has 0 N–H and O–H groups in total. The lowest BCUT2D eigenvalue weighted by Gasteiger charge is -2.53. The first-order valence-electron chi connectivity index (χ1n) is 12.0. The number of fused-ring (bicyclic) bond motifs is 5. The van der Waals surface area contributed by atoms with E-state index in [0.29, 0.717) is 11.3 Å². The number of methoxy groups -OCH3 is 1. The van der Waals surface area contributed by atoms with E-state index in [0.717, 1.165) is 30.1 Å². The highest BCUT2D eigenvalue weighted by atomic mass is 28.4. The van der Waals surface area contributed by atoms with Crippen molar-refractivity contribution in [2.45, 2.75) is 84.4 Å². The Hall–Kier alpha value is -1.06. The van der Waals surface area contributed by atoms with Gasteiger partial charge < -0.3 is 9.16 Å². The fourth-order valence-electron chi connectivity index (χ4n) is 6.44. The predicted molar refractivity (Wildman–Crippen MR) is 129 cm³/mol. The first-order valence-corrected chi connectivity index (χ1v) is 14.9. The van der Waals surface area contributed by atoms with Gasteiger partial charge in [0.1, 0.15) is 5.75 Å². The largest absolute Gasteiger partial charge is 0.497 e. The topological polar surface area (TPSA) is 18.5 Å². The number of benzene rings is 1. The van der Waals surface area contributed by atoms with Crippen LogP contribution < -0.4 is 4.74 Å². The average molecular weight is 427 g/mol. The summed E-state index contributed by atoms with van der Waals surface area (Å²) in [6.07, 6.45) is 7.60. The smallest absolute Gasteiger partial charge is 0.192 e. The molecule has 0 spiro atoms. The maximum Gasteiger partial charge on any atom is 0.192 e. The van der Waals surface area contributed by atoms with Gasteiger partial charge in [-0.1, -0.05) is 46.8 Å². The van der Waals surface area contributed by atoms with Gasteiger partial charge in [0, 0.05) is 0 Å². The molecule has 0 aliphatic heterocycles. The summed E-state index contributed by atoms with van der Waals surface area (Å²) in [4.78, 5) is 0. The highest BCUT2D eigenvalue weighted by Gasteiger charge is 2.53. The Balaban J connectivity index is 1.55. The standard InChI is InChI=1S/C27H42O2Si/c1-18-15-19-16-21(28-6)10-11-22(19)23-13-14-27(5)20(9-12-24(27)25(18)23)17-29-30(7,8)26(2,3)4/h9-11,16,18,23-25H,12-15,17H2,1-8H3/t18-,23-,24-,25-,27-/m1/s1. The van der Waals surface area contributed by atoms with Crippen molar-refractivity contribution in [1.29, 1.82) is 0 Å². The van der Waals surface area contributed by atoms with Crippen LogP contribution in [-0.4, -0.2) is 22.0 Å². The summed E-state index contributed by atoms with van der Waals surface area (Å²) in [6, 6.07) is 6.83. The van der Waals surface area contributed by atoms with E-state index in [4.69, 9.17) is 9.16 Å². The van der Waals surface area contributed by atoms with Crippen molar-refractivity contribution >= 4 is 8.32 Å². The lowest BCUT2D eigenvalue weighted by Crippen LogP contribution is -2.46. The second kappa shape index (κ2) is 7.51. The fraction of sp³-hybridized carbons (Fsp3) is 0.704. The molecule has 2 nitrogen and oxygen atoms in total. The zero-order valence-corrected chi connectivity index (χ0v) is 21.5. The average Bonchev–Trinajstić information content (AvgIpc) is 3.01.